The number of hydrogen-bond donors (Lipinski definition) is 1. The van der Waals surface area contributed by atoms with E-state index in [0.717, 1.165) is 6.42 Å². The van der Waals surface area contributed by atoms with E-state index >= 15 is 0 Å². The highest BCUT2D eigenvalue weighted by molar-refractivity contribution is 7.98. The highest BCUT2D eigenvalue weighted by Crippen LogP contribution is 2.23. The Morgan fingerprint density at radius 1 is 1.24 bits per heavy atom. The molecule has 0 unspecified atom stereocenters. The van der Waals surface area contributed by atoms with E-state index in [-0.39, 0.29) is 18.3 Å². The Balaban J connectivity index is 1.62. The number of ether oxygens (including phenoxy) is 1. The Morgan fingerprint density at radius 2 is 2.00 bits per heavy atom. The summed E-state index contributed by atoms with van der Waals surface area (Å²) >= 11 is 7.49. The van der Waals surface area contributed by atoms with Crippen molar-refractivity contribution in [1.29, 1.82) is 0 Å². The molecule has 1 N–H and O–H groups in total. The van der Waals surface area contributed by atoms with Crippen LogP contribution in [0.4, 0.5) is 4.39 Å². The molecule has 6 heteroatoms. The Hall–Kier alpha value is -1.72. The zero-order valence-electron chi connectivity index (χ0n) is 14.1. The number of benzene rings is 2. The minimum Gasteiger partial charge on any atom is -0.484 e. The summed E-state index contributed by atoms with van der Waals surface area (Å²) in [4.78, 5) is 11.8. The molecule has 25 heavy (non-hydrogen) atoms. The van der Waals surface area contributed by atoms with Gasteiger partial charge >= 0.3 is 0 Å². The Kier molecular flexibility index (Phi) is 8.09. The fraction of sp³-hybridized carbons (Fsp3) is 0.316. The second-order valence-electron chi connectivity index (χ2n) is 5.39. The summed E-state index contributed by atoms with van der Waals surface area (Å²) in [6, 6.07) is 12.3. The molecule has 2 aromatic carbocycles. The first-order chi connectivity index (χ1) is 12.1. The largest absolute Gasteiger partial charge is 0.484 e. The van der Waals surface area contributed by atoms with E-state index in [1.807, 2.05) is 24.3 Å². The molecule has 0 aliphatic heterocycles. The number of hydrogen-bond acceptors (Lipinski definition) is 3. The van der Waals surface area contributed by atoms with E-state index in [0.29, 0.717) is 34.4 Å². The highest BCUT2D eigenvalue weighted by atomic mass is 35.5. The molecule has 0 fully saturated rings. The Labute approximate surface area is 156 Å². The van der Waals surface area contributed by atoms with Gasteiger partial charge in [-0.2, -0.15) is 11.8 Å². The van der Waals surface area contributed by atoms with Gasteiger partial charge in [0.2, 0.25) is 0 Å². The normalized spacial score (nSPS) is 10.5. The first-order valence-corrected chi connectivity index (χ1v) is 9.62. The zero-order chi connectivity index (χ0) is 18.1. The van der Waals surface area contributed by atoms with Crippen LogP contribution in [0.2, 0.25) is 5.02 Å². The summed E-state index contributed by atoms with van der Waals surface area (Å²) in [5, 5.41) is 3.21. The van der Waals surface area contributed by atoms with Gasteiger partial charge < -0.3 is 10.1 Å². The number of aryl methyl sites for hydroxylation is 1. The van der Waals surface area contributed by atoms with Crippen molar-refractivity contribution in [1.82, 2.24) is 5.32 Å². The van der Waals surface area contributed by atoms with Crippen LogP contribution in [0.5, 0.6) is 5.75 Å². The van der Waals surface area contributed by atoms with Crippen LogP contribution in [0.25, 0.3) is 0 Å². The molecule has 3 nitrogen and oxygen atoms in total. The van der Waals surface area contributed by atoms with Gasteiger partial charge in [0.1, 0.15) is 11.6 Å². The second kappa shape index (κ2) is 10.3. The van der Waals surface area contributed by atoms with Crippen LogP contribution in [0.3, 0.4) is 0 Å². The number of carbonyl (C=O) groups excluding carboxylic acids is 1. The minimum absolute atomic E-state index is 0.0186. The molecule has 0 spiro atoms. The molecule has 2 rings (SSSR count). The number of nitrogens with one attached hydrogen (secondary N) is 1. The molecule has 134 valence electrons. The molecular formula is C19H21ClFNO2S. The molecule has 1 amide bonds. The SMILES string of the molecule is CCc1ccc(OCC(=O)NCCSCc2c(F)cccc2Cl)cc1. The van der Waals surface area contributed by atoms with E-state index < -0.39 is 0 Å². The van der Waals surface area contributed by atoms with Crippen molar-refractivity contribution in [3.8, 4) is 5.75 Å². The van der Waals surface area contributed by atoms with E-state index in [9.17, 15) is 9.18 Å². The first-order valence-electron chi connectivity index (χ1n) is 8.09. The number of halogens is 2. The third-order valence-corrected chi connectivity index (χ3v) is 4.92. The lowest BCUT2D eigenvalue weighted by Gasteiger charge is -2.09. The molecule has 0 saturated carbocycles. The molecule has 2 aromatic rings. The van der Waals surface area contributed by atoms with Crippen LogP contribution >= 0.6 is 23.4 Å². The maximum absolute atomic E-state index is 13.6. The maximum Gasteiger partial charge on any atom is 0.257 e. The fourth-order valence-corrected chi connectivity index (χ4v) is 3.33. The molecule has 0 bridgehead atoms. The molecule has 0 heterocycles. The number of rotatable bonds is 9. The van der Waals surface area contributed by atoms with E-state index in [1.165, 1.54) is 23.4 Å². The summed E-state index contributed by atoms with van der Waals surface area (Å²) in [6.45, 7) is 2.56. The van der Waals surface area contributed by atoms with Crippen molar-refractivity contribution < 1.29 is 13.9 Å². The molecule has 0 aliphatic carbocycles. The zero-order valence-corrected chi connectivity index (χ0v) is 15.6. The predicted molar refractivity (Wildman–Crippen MR) is 102 cm³/mol. The van der Waals surface area contributed by atoms with Crippen LogP contribution in [0.1, 0.15) is 18.1 Å². The summed E-state index contributed by atoms with van der Waals surface area (Å²) in [7, 11) is 0. The van der Waals surface area contributed by atoms with E-state index in [1.54, 1.807) is 12.1 Å². The minimum atomic E-state index is -0.300. The van der Waals surface area contributed by atoms with Crippen molar-refractivity contribution >= 4 is 29.3 Å². The van der Waals surface area contributed by atoms with Crippen molar-refractivity contribution in [3.63, 3.8) is 0 Å². The monoisotopic (exact) mass is 381 g/mol. The average molecular weight is 382 g/mol. The van der Waals surface area contributed by atoms with Gasteiger partial charge in [-0.1, -0.05) is 36.7 Å². The topological polar surface area (TPSA) is 38.3 Å². The molecule has 0 saturated heterocycles. The van der Waals surface area contributed by atoms with Gasteiger partial charge in [0.15, 0.2) is 6.61 Å². The number of amides is 1. The van der Waals surface area contributed by atoms with Crippen molar-refractivity contribution in [3.05, 3.63) is 64.4 Å². The summed E-state index contributed by atoms with van der Waals surface area (Å²) in [6.07, 6.45) is 0.969. The third kappa shape index (κ3) is 6.59. The van der Waals surface area contributed by atoms with E-state index in [2.05, 4.69) is 12.2 Å². The summed E-state index contributed by atoms with van der Waals surface area (Å²) < 4.78 is 19.1. The van der Waals surface area contributed by atoms with Gasteiger partial charge in [0.25, 0.3) is 5.91 Å². The quantitative estimate of drug-likeness (QED) is 0.651. The molecular weight excluding hydrogens is 361 g/mol. The van der Waals surface area contributed by atoms with Gasteiger partial charge in [0, 0.05) is 28.6 Å². The molecule has 0 aromatic heterocycles. The van der Waals surface area contributed by atoms with Crippen molar-refractivity contribution in [2.75, 3.05) is 18.9 Å². The first kappa shape index (κ1) is 19.6. The number of carbonyl (C=O) groups is 1. The van der Waals surface area contributed by atoms with E-state index in [4.69, 9.17) is 16.3 Å². The fourth-order valence-electron chi connectivity index (χ4n) is 2.13. The maximum atomic E-state index is 13.6. The summed E-state index contributed by atoms with van der Waals surface area (Å²) in [5.74, 6) is 1.34. The number of thioether (sulfide) groups is 1. The smallest absolute Gasteiger partial charge is 0.257 e. The van der Waals surface area contributed by atoms with Crippen LogP contribution in [-0.4, -0.2) is 24.8 Å². The van der Waals surface area contributed by atoms with Crippen LogP contribution in [-0.2, 0) is 17.0 Å². The van der Waals surface area contributed by atoms with Gasteiger partial charge in [-0.05, 0) is 36.2 Å². The van der Waals surface area contributed by atoms with Gasteiger partial charge in [0.05, 0.1) is 0 Å². The van der Waals surface area contributed by atoms with Gasteiger partial charge in [-0.3, -0.25) is 4.79 Å². The standard InChI is InChI=1S/C19H21ClFNO2S/c1-2-14-6-8-15(9-7-14)24-12-19(23)22-10-11-25-13-16-17(20)4-3-5-18(16)21/h3-9H,2,10-13H2,1H3,(H,22,23). The van der Waals surface area contributed by atoms with Crippen LogP contribution in [0, 0.1) is 5.82 Å². The van der Waals surface area contributed by atoms with Gasteiger partial charge in [-0.15, -0.1) is 0 Å². The molecule has 0 aliphatic rings. The second-order valence-corrected chi connectivity index (χ2v) is 6.90. The molecule has 0 atom stereocenters. The summed E-state index contributed by atoms with van der Waals surface area (Å²) in [5.41, 5.74) is 1.73. The average Bonchev–Trinajstić information content (AvgIpc) is 2.62. The van der Waals surface area contributed by atoms with Crippen LogP contribution < -0.4 is 10.1 Å². The van der Waals surface area contributed by atoms with Gasteiger partial charge in [-0.25, -0.2) is 4.39 Å². The lowest BCUT2D eigenvalue weighted by Crippen LogP contribution is -2.30. The highest BCUT2D eigenvalue weighted by Gasteiger charge is 2.07. The van der Waals surface area contributed by atoms with Crippen molar-refractivity contribution in [2.45, 2.75) is 19.1 Å². The van der Waals surface area contributed by atoms with Crippen molar-refractivity contribution in [2.24, 2.45) is 0 Å². The third-order valence-electron chi connectivity index (χ3n) is 3.58. The Morgan fingerprint density at radius 3 is 2.68 bits per heavy atom. The van der Waals surface area contributed by atoms with Crippen LogP contribution in [0.15, 0.2) is 42.5 Å². The lowest BCUT2D eigenvalue weighted by atomic mass is 10.2. The Bertz CT molecular complexity index is 674. The molecule has 0 radical (unpaired) electrons. The lowest BCUT2D eigenvalue weighted by molar-refractivity contribution is -0.122. The predicted octanol–water partition coefficient (Wildman–Crippen LogP) is 4.47.